The van der Waals surface area contributed by atoms with Gasteiger partial charge in [0.25, 0.3) is 5.69 Å². The van der Waals surface area contributed by atoms with E-state index in [1.54, 1.807) is 0 Å². The third-order valence-corrected chi connectivity index (χ3v) is 2.49. The van der Waals surface area contributed by atoms with Crippen LogP contribution in [0.25, 0.3) is 0 Å². The summed E-state index contributed by atoms with van der Waals surface area (Å²) in [5.41, 5.74) is 0.209. The van der Waals surface area contributed by atoms with Gasteiger partial charge in [0.15, 0.2) is 5.92 Å². The van der Waals surface area contributed by atoms with Crippen LogP contribution in [0.4, 0.5) is 18.9 Å². The van der Waals surface area contributed by atoms with E-state index in [0.29, 0.717) is 5.56 Å². The van der Waals surface area contributed by atoms with Gasteiger partial charge in [-0.2, -0.15) is 13.2 Å². The van der Waals surface area contributed by atoms with Crippen LogP contribution in [0.5, 0.6) is 0 Å². The van der Waals surface area contributed by atoms with E-state index in [2.05, 4.69) is 5.32 Å². The molecule has 1 atom stereocenters. The Kier molecular flexibility index (Phi) is 5.03. The lowest BCUT2D eigenvalue weighted by atomic mass is 10.1. The van der Waals surface area contributed by atoms with E-state index < -0.39 is 29.5 Å². The molecular formula is C11H11F3N2O4. The van der Waals surface area contributed by atoms with Gasteiger partial charge in [-0.25, -0.2) is 0 Å². The van der Waals surface area contributed by atoms with Crippen molar-refractivity contribution in [3.05, 3.63) is 39.9 Å². The van der Waals surface area contributed by atoms with Crippen LogP contribution in [0.15, 0.2) is 24.3 Å². The normalized spacial score (nSPS) is 12.9. The number of hydrogen-bond acceptors (Lipinski definition) is 4. The highest BCUT2D eigenvalue weighted by Gasteiger charge is 2.44. The molecule has 0 spiro atoms. The minimum Gasteiger partial charge on any atom is -0.481 e. The van der Waals surface area contributed by atoms with Crippen LogP contribution >= 0.6 is 0 Å². The molecule has 1 unspecified atom stereocenters. The number of aliphatic carboxylic acids is 1. The lowest BCUT2D eigenvalue weighted by Crippen LogP contribution is -2.38. The Morgan fingerprint density at radius 3 is 2.60 bits per heavy atom. The molecule has 1 aromatic carbocycles. The van der Waals surface area contributed by atoms with Gasteiger partial charge in [-0.1, -0.05) is 12.1 Å². The second-order valence-electron chi connectivity index (χ2n) is 3.99. The van der Waals surface area contributed by atoms with E-state index in [9.17, 15) is 28.1 Å². The van der Waals surface area contributed by atoms with Crippen LogP contribution in [-0.4, -0.2) is 28.7 Å². The summed E-state index contributed by atoms with van der Waals surface area (Å²) in [5.74, 6) is -4.48. The van der Waals surface area contributed by atoms with Crippen LogP contribution in [0.1, 0.15) is 5.56 Å². The first-order valence-corrected chi connectivity index (χ1v) is 5.45. The van der Waals surface area contributed by atoms with E-state index in [4.69, 9.17) is 5.11 Å². The van der Waals surface area contributed by atoms with Crippen LogP contribution in [0, 0.1) is 16.0 Å². The van der Waals surface area contributed by atoms with Crippen molar-refractivity contribution in [3.63, 3.8) is 0 Å². The third-order valence-electron chi connectivity index (χ3n) is 2.49. The minimum atomic E-state index is -4.85. The van der Waals surface area contributed by atoms with Crippen molar-refractivity contribution >= 4 is 11.7 Å². The molecule has 6 nitrogen and oxygen atoms in total. The molecule has 0 aromatic heterocycles. The predicted octanol–water partition coefficient (Wildman–Crippen LogP) is 1.95. The molecule has 0 saturated heterocycles. The third kappa shape index (κ3) is 4.50. The Hall–Kier alpha value is -2.16. The fourth-order valence-corrected chi connectivity index (χ4v) is 1.48. The monoisotopic (exact) mass is 292 g/mol. The zero-order valence-corrected chi connectivity index (χ0v) is 10.1. The summed E-state index contributed by atoms with van der Waals surface area (Å²) in [6, 6.07) is 5.34. The number of carboxylic acids is 1. The number of hydrogen-bond donors (Lipinski definition) is 2. The highest BCUT2D eigenvalue weighted by atomic mass is 19.4. The Bertz CT molecular complexity index is 505. The van der Waals surface area contributed by atoms with Crippen molar-refractivity contribution in [1.82, 2.24) is 5.32 Å². The quantitative estimate of drug-likeness (QED) is 0.617. The maximum absolute atomic E-state index is 12.4. The second-order valence-corrected chi connectivity index (χ2v) is 3.99. The molecule has 0 amide bonds. The molecule has 1 aromatic rings. The van der Waals surface area contributed by atoms with E-state index in [0.717, 1.165) is 0 Å². The molecule has 0 fully saturated rings. The van der Waals surface area contributed by atoms with Crippen molar-refractivity contribution in [1.29, 1.82) is 0 Å². The molecule has 0 radical (unpaired) electrons. The number of carbonyl (C=O) groups is 1. The number of nitrogens with one attached hydrogen (secondary N) is 1. The Morgan fingerprint density at radius 1 is 1.45 bits per heavy atom. The number of carboxylic acid groups (broad SMARTS) is 1. The fourth-order valence-electron chi connectivity index (χ4n) is 1.48. The SMILES string of the molecule is O=C(O)C(CNCc1cccc([N+](=O)[O-])c1)C(F)(F)F. The predicted molar refractivity (Wildman–Crippen MR) is 62.0 cm³/mol. The Morgan fingerprint density at radius 2 is 2.10 bits per heavy atom. The molecule has 0 aliphatic rings. The Balaban J connectivity index is 2.61. The van der Waals surface area contributed by atoms with Crippen molar-refractivity contribution in [3.8, 4) is 0 Å². The Labute approximate surface area is 111 Å². The first-order valence-electron chi connectivity index (χ1n) is 5.45. The van der Waals surface area contributed by atoms with Gasteiger partial charge in [-0.3, -0.25) is 14.9 Å². The first kappa shape index (κ1) is 15.9. The summed E-state index contributed by atoms with van der Waals surface area (Å²) in [6.07, 6.45) is -4.85. The lowest BCUT2D eigenvalue weighted by molar-refractivity contribution is -0.384. The van der Waals surface area contributed by atoms with Gasteiger partial charge in [0.1, 0.15) is 0 Å². The molecular weight excluding hydrogens is 281 g/mol. The number of alkyl halides is 3. The smallest absolute Gasteiger partial charge is 0.403 e. The highest BCUT2D eigenvalue weighted by Crippen LogP contribution is 2.26. The van der Waals surface area contributed by atoms with Crippen LogP contribution in [0.2, 0.25) is 0 Å². The van der Waals surface area contributed by atoms with Crippen LogP contribution in [0.3, 0.4) is 0 Å². The number of benzene rings is 1. The van der Waals surface area contributed by atoms with Gasteiger partial charge >= 0.3 is 12.1 Å². The van der Waals surface area contributed by atoms with Gasteiger partial charge < -0.3 is 10.4 Å². The number of nitro groups is 1. The minimum absolute atomic E-state index is 0.0957. The number of halogens is 3. The summed E-state index contributed by atoms with van der Waals surface area (Å²) in [4.78, 5) is 20.4. The average Bonchev–Trinajstić information content (AvgIpc) is 2.33. The summed E-state index contributed by atoms with van der Waals surface area (Å²) < 4.78 is 37.1. The number of non-ortho nitro benzene ring substituents is 1. The van der Waals surface area contributed by atoms with Gasteiger partial charge in [-0.05, 0) is 5.56 Å². The second kappa shape index (κ2) is 6.33. The summed E-state index contributed by atoms with van der Waals surface area (Å²) in [7, 11) is 0. The molecule has 110 valence electrons. The summed E-state index contributed by atoms with van der Waals surface area (Å²) >= 11 is 0. The van der Waals surface area contributed by atoms with Gasteiger partial charge in [0, 0.05) is 25.2 Å². The molecule has 0 aliphatic carbocycles. The molecule has 9 heteroatoms. The lowest BCUT2D eigenvalue weighted by Gasteiger charge is -2.16. The van der Waals surface area contributed by atoms with Gasteiger partial charge in [0.2, 0.25) is 0 Å². The van der Waals surface area contributed by atoms with Gasteiger partial charge in [-0.15, -0.1) is 0 Å². The average molecular weight is 292 g/mol. The van der Waals surface area contributed by atoms with E-state index >= 15 is 0 Å². The van der Waals surface area contributed by atoms with Crippen molar-refractivity contribution in [2.45, 2.75) is 12.7 Å². The van der Waals surface area contributed by atoms with E-state index in [-0.39, 0.29) is 12.2 Å². The maximum Gasteiger partial charge on any atom is 0.403 e. The molecule has 0 saturated carbocycles. The standard InChI is InChI=1S/C11H11F3N2O4/c12-11(13,14)9(10(17)18)6-15-5-7-2-1-3-8(4-7)16(19)20/h1-4,9,15H,5-6H2,(H,17,18). The largest absolute Gasteiger partial charge is 0.481 e. The van der Waals surface area contributed by atoms with E-state index in [1.165, 1.54) is 24.3 Å². The summed E-state index contributed by atoms with van der Waals surface area (Å²) in [5, 5.41) is 21.3. The topological polar surface area (TPSA) is 92.5 Å². The zero-order chi connectivity index (χ0) is 15.3. The van der Waals surface area contributed by atoms with E-state index in [1.807, 2.05) is 0 Å². The molecule has 0 aliphatic heterocycles. The number of rotatable bonds is 6. The van der Waals surface area contributed by atoms with Crippen LogP contribution in [-0.2, 0) is 11.3 Å². The molecule has 2 N–H and O–H groups in total. The summed E-state index contributed by atoms with van der Waals surface area (Å²) in [6.45, 7) is -0.900. The molecule has 1 rings (SSSR count). The number of nitrogens with zero attached hydrogens (tertiary/aromatic N) is 1. The number of nitro benzene ring substituents is 1. The van der Waals surface area contributed by atoms with Crippen molar-refractivity contribution in [2.75, 3.05) is 6.54 Å². The van der Waals surface area contributed by atoms with Crippen molar-refractivity contribution in [2.24, 2.45) is 5.92 Å². The maximum atomic E-state index is 12.4. The molecule has 20 heavy (non-hydrogen) atoms. The zero-order valence-electron chi connectivity index (χ0n) is 10.1. The molecule has 0 heterocycles. The molecule has 0 bridgehead atoms. The fraction of sp³-hybridized carbons (Fsp3) is 0.364. The van der Waals surface area contributed by atoms with Crippen molar-refractivity contribution < 1.29 is 28.0 Å². The first-order chi connectivity index (χ1) is 9.21. The van der Waals surface area contributed by atoms with Crippen LogP contribution < -0.4 is 5.32 Å². The highest BCUT2D eigenvalue weighted by molar-refractivity contribution is 5.71. The van der Waals surface area contributed by atoms with Gasteiger partial charge in [0.05, 0.1) is 4.92 Å².